The van der Waals surface area contributed by atoms with Crippen molar-refractivity contribution >= 4 is 23.2 Å². The van der Waals surface area contributed by atoms with Crippen LogP contribution >= 0.6 is 11.3 Å². The minimum Gasteiger partial charge on any atom is -0.468 e. The lowest BCUT2D eigenvalue weighted by Crippen LogP contribution is -2.49. The second-order valence-corrected chi connectivity index (χ2v) is 7.23. The van der Waals surface area contributed by atoms with Crippen LogP contribution in [0.25, 0.3) is 0 Å². The van der Waals surface area contributed by atoms with E-state index in [1.54, 1.807) is 17.4 Å². The number of hydrogen-bond donors (Lipinski definition) is 0. The molecule has 1 fully saturated rings. The Morgan fingerprint density at radius 1 is 1.19 bits per heavy atom. The molecule has 138 valence electrons. The zero-order valence-electron chi connectivity index (χ0n) is 14.9. The molecular formula is C19H22N2O4S. The number of benzene rings is 1. The van der Waals surface area contributed by atoms with Gasteiger partial charge >= 0.3 is 5.97 Å². The van der Waals surface area contributed by atoms with Crippen LogP contribution in [0.3, 0.4) is 0 Å². The minimum absolute atomic E-state index is 0.102. The fraction of sp³-hybridized carbons (Fsp3) is 0.421. The summed E-state index contributed by atoms with van der Waals surface area (Å²) in [7, 11) is 3.01. The molecule has 1 aliphatic heterocycles. The number of ether oxygens (including phenoxy) is 2. The lowest BCUT2D eigenvalue weighted by Gasteiger charge is -2.39. The van der Waals surface area contributed by atoms with Crippen molar-refractivity contribution in [3.05, 3.63) is 52.0 Å². The molecule has 1 aliphatic rings. The van der Waals surface area contributed by atoms with Crippen molar-refractivity contribution in [2.75, 3.05) is 27.3 Å². The average molecular weight is 374 g/mol. The standard InChI is InChI=1S/C19H22N2O4S/c1-24-12-16-20-15(13-26-16)17(22)21-10-8-19(9-11-21,18(23)25-2)14-6-4-3-5-7-14/h3-7,13H,8-12H2,1-2H3. The van der Waals surface area contributed by atoms with Crippen LogP contribution in [-0.4, -0.2) is 49.1 Å². The van der Waals surface area contributed by atoms with E-state index in [9.17, 15) is 9.59 Å². The number of nitrogens with zero attached hydrogens (tertiary/aromatic N) is 2. The monoisotopic (exact) mass is 374 g/mol. The molecule has 0 aliphatic carbocycles. The van der Waals surface area contributed by atoms with Crippen LogP contribution in [0.5, 0.6) is 0 Å². The first kappa shape index (κ1) is 18.5. The molecule has 7 heteroatoms. The maximum atomic E-state index is 12.7. The summed E-state index contributed by atoms with van der Waals surface area (Å²) >= 11 is 1.41. The van der Waals surface area contributed by atoms with Gasteiger partial charge in [-0.05, 0) is 18.4 Å². The van der Waals surface area contributed by atoms with Gasteiger partial charge in [0.1, 0.15) is 10.7 Å². The highest BCUT2D eigenvalue weighted by molar-refractivity contribution is 7.09. The predicted octanol–water partition coefficient (Wildman–Crippen LogP) is 2.64. The molecule has 2 aromatic rings. The molecule has 1 aromatic carbocycles. The Morgan fingerprint density at radius 3 is 2.50 bits per heavy atom. The number of likely N-dealkylation sites (tertiary alicyclic amines) is 1. The summed E-state index contributed by atoms with van der Waals surface area (Å²) < 4.78 is 10.1. The van der Waals surface area contributed by atoms with Gasteiger partial charge in [0.25, 0.3) is 5.91 Å². The third-order valence-electron chi connectivity index (χ3n) is 4.85. The molecule has 1 aromatic heterocycles. The molecule has 6 nitrogen and oxygen atoms in total. The van der Waals surface area contributed by atoms with E-state index < -0.39 is 5.41 Å². The molecule has 0 unspecified atom stereocenters. The number of rotatable bonds is 5. The number of carbonyl (C=O) groups is 2. The van der Waals surface area contributed by atoms with Crippen LogP contribution in [0.1, 0.15) is 33.9 Å². The van der Waals surface area contributed by atoms with E-state index in [0.29, 0.717) is 38.2 Å². The van der Waals surface area contributed by atoms with Gasteiger partial charge in [-0.2, -0.15) is 0 Å². The number of thiazole rings is 1. The Labute approximate surface area is 156 Å². The topological polar surface area (TPSA) is 68.7 Å². The third-order valence-corrected chi connectivity index (χ3v) is 5.67. The fourth-order valence-corrected chi connectivity index (χ4v) is 4.15. The van der Waals surface area contributed by atoms with E-state index >= 15 is 0 Å². The molecule has 1 amide bonds. The van der Waals surface area contributed by atoms with E-state index in [-0.39, 0.29) is 11.9 Å². The normalized spacial score (nSPS) is 16.3. The first-order valence-electron chi connectivity index (χ1n) is 8.47. The number of aromatic nitrogens is 1. The summed E-state index contributed by atoms with van der Waals surface area (Å²) in [4.78, 5) is 31.4. The summed E-state index contributed by atoms with van der Waals surface area (Å²) in [5.41, 5.74) is 0.679. The number of methoxy groups -OCH3 is 2. The van der Waals surface area contributed by atoms with E-state index in [1.165, 1.54) is 18.4 Å². The average Bonchev–Trinajstić information content (AvgIpc) is 3.16. The molecule has 0 bridgehead atoms. The Hall–Kier alpha value is -2.25. The zero-order valence-corrected chi connectivity index (χ0v) is 15.8. The van der Waals surface area contributed by atoms with Crippen molar-refractivity contribution in [1.29, 1.82) is 0 Å². The van der Waals surface area contributed by atoms with Crippen LogP contribution in [0.4, 0.5) is 0 Å². The van der Waals surface area contributed by atoms with E-state index in [0.717, 1.165) is 10.6 Å². The SMILES string of the molecule is COCc1nc(C(=O)N2CCC(C(=O)OC)(c3ccccc3)CC2)cs1. The van der Waals surface area contributed by atoms with Gasteiger partial charge in [-0.25, -0.2) is 4.98 Å². The van der Waals surface area contributed by atoms with Gasteiger partial charge in [0.2, 0.25) is 0 Å². The first-order chi connectivity index (χ1) is 12.6. The summed E-state index contributed by atoms with van der Waals surface area (Å²) in [5, 5.41) is 2.54. The van der Waals surface area contributed by atoms with Crippen LogP contribution in [0.2, 0.25) is 0 Å². The summed E-state index contributed by atoms with van der Waals surface area (Å²) in [6.45, 7) is 1.37. The van der Waals surface area contributed by atoms with Crippen LogP contribution in [0, 0.1) is 0 Å². The van der Waals surface area contributed by atoms with Crippen molar-refractivity contribution < 1.29 is 19.1 Å². The van der Waals surface area contributed by atoms with E-state index in [4.69, 9.17) is 9.47 Å². The van der Waals surface area contributed by atoms with Crippen LogP contribution < -0.4 is 0 Å². The molecule has 0 saturated carbocycles. The smallest absolute Gasteiger partial charge is 0.316 e. The molecule has 3 rings (SSSR count). The summed E-state index contributed by atoms with van der Waals surface area (Å²) in [5.74, 6) is -0.345. The van der Waals surface area contributed by atoms with Crippen molar-refractivity contribution in [2.45, 2.75) is 24.9 Å². The summed E-state index contributed by atoms with van der Waals surface area (Å²) in [6.07, 6.45) is 1.06. The van der Waals surface area contributed by atoms with Crippen molar-refractivity contribution in [3.8, 4) is 0 Å². The van der Waals surface area contributed by atoms with E-state index in [2.05, 4.69) is 4.98 Å². The van der Waals surface area contributed by atoms with Crippen molar-refractivity contribution in [2.24, 2.45) is 0 Å². The Bertz CT molecular complexity index is 767. The van der Waals surface area contributed by atoms with Crippen molar-refractivity contribution in [1.82, 2.24) is 9.88 Å². The molecule has 1 saturated heterocycles. The number of hydrogen-bond acceptors (Lipinski definition) is 6. The van der Waals surface area contributed by atoms with Gasteiger partial charge < -0.3 is 14.4 Å². The number of amides is 1. The second kappa shape index (κ2) is 7.97. The minimum atomic E-state index is -0.698. The molecule has 0 N–H and O–H groups in total. The van der Waals surface area contributed by atoms with Gasteiger partial charge in [0.05, 0.1) is 19.1 Å². The largest absolute Gasteiger partial charge is 0.468 e. The highest BCUT2D eigenvalue weighted by atomic mass is 32.1. The Kier molecular flexibility index (Phi) is 5.68. The fourth-order valence-electron chi connectivity index (χ4n) is 3.42. The number of carbonyl (C=O) groups excluding carboxylic acids is 2. The quantitative estimate of drug-likeness (QED) is 0.753. The van der Waals surface area contributed by atoms with Crippen molar-refractivity contribution in [3.63, 3.8) is 0 Å². The van der Waals surface area contributed by atoms with Gasteiger partial charge in [-0.15, -0.1) is 11.3 Å². The van der Waals surface area contributed by atoms with Crippen LogP contribution in [0.15, 0.2) is 35.7 Å². The van der Waals surface area contributed by atoms with Gasteiger partial charge in [-0.3, -0.25) is 9.59 Å². The Morgan fingerprint density at radius 2 is 1.88 bits per heavy atom. The lowest BCUT2D eigenvalue weighted by molar-refractivity contribution is -0.149. The number of piperidine rings is 1. The molecule has 0 atom stereocenters. The summed E-state index contributed by atoms with van der Waals surface area (Å²) in [6, 6.07) is 9.67. The molecule has 0 spiro atoms. The molecular weight excluding hydrogens is 352 g/mol. The number of esters is 1. The second-order valence-electron chi connectivity index (χ2n) is 6.29. The molecule has 2 heterocycles. The lowest BCUT2D eigenvalue weighted by atomic mass is 9.72. The Balaban J connectivity index is 1.75. The maximum Gasteiger partial charge on any atom is 0.316 e. The molecule has 0 radical (unpaired) electrons. The third kappa shape index (κ3) is 3.50. The zero-order chi connectivity index (χ0) is 18.6. The van der Waals surface area contributed by atoms with Gasteiger partial charge in [0, 0.05) is 25.6 Å². The van der Waals surface area contributed by atoms with Gasteiger partial charge in [-0.1, -0.05) is 30.3 Å². The maximum absolute atomic E-state index is 12.7. The predicted molar refractivity (Wildman–Crippen MR) is 98.1 cm³/mol. The highest BCUT2D eigenvalue weighted by Crippen LogP contribution is 2.37. The van der Waals surface area contributed by atoms with Crippen LogP contribution in [-0.2, 0) is 26.3 Å². The first-order valence-corrected chi connectivity index (χ1v) is 9.35. The molecule has 26 heavy (non-hydrogen) atoms. The highest BCUT2D eigenvalue weighted by Gasteiger charge is 2.44. The van der Waals surface area contributed by atoms with Gasteiger partial charge in [0.15, 0.2) is 0 Å². The van der Waals surface area contributed by atoms with E-state index in [1.807, 2.05) is 30.3 Å².